The molecule has 1 fully saturated rings. The number of aromatic nitrogens is 2. The zero-order valence-corrected chi connectivity index (χ0v) is 17.6. The van der Waals surface area contributed by atoms with E-state index < -0.39 is 5.25 Å². The predicted molar refractivity (Wildman–Crippen MR) is 117 cm³/mol. The Kier molecular flexibility index (Phi) is 6.50. The summed E-state index contributed by atoms with van der Waals surface area (Å²) in [6.45, 7) is 3.31. The molecular formula is C23H24FN3O2S. The Morgan fingerprint density at radius 1 is 1.30 bits per heavy atom. The summed E-state index contributed by atoms with van der Waals surface area (Å²) in [6.07, 6.45) is 4.09. The molecule has 5 nitrogen and oxygen atoms in total. The first-order valence-electron chi connectivity index (χ1n) is 10.1. The zero-order valence-electron chi connectivity index (χ0n) is 16.8. The summed E-state index contributed by atoms with van der Waals surface area (Å²) >= 11 is 1.39. The smallest absolute Gasteiger partial charge is 0.237 e. The van der Waals surface area contributed by atoms with Gasteiger partial charge in [-0.15, -0.1) is 0 Å². The highest BCUT2D eigenvalue weighted by atomic mass is 32.2. The van der Waals surface area contributed by atoms with Gasteiger partial charge in [0.25, 0.3) is 0 Å². The molecule has 2 atom stereocenters. The maximum Gasteiger partial charge on any atom is 0.237 e. The van der Waals surface area contributed by atoms with Crippen LogP contribution in [-0.2, 0) is 16.1 Å². The number of rotatable bonds is 7. The van der Waals surface area contributed by atoms with E-state index in [4.69, 9.17) is 4.74 Å². The van der Waals surface area contributed by atoms with Crippen LogP contribution in [0.3, 0.4) is 0 Å². The normalized spacial score (nSPS) is 17.1. The molecule has 1 aliphatic heterocycles. The molecule has 1 aliphatic rings. The molecule has 30 heavy (non-hydrogen) atoms. The Morgan fingerprint density at radius 3 is 2.87 bits per heavy atom. The summed E-state index contributed by atoms with van der Waals surface area (Å²) in [4.78, 5) is 17.3. The van der Waals surface area contributed by atoms with Crippen molar-refractivity contribution in [3.05, 3.63) is 66.6 Å². The monoisotopic (exact) mass is 425 g/mol. The van der Waals surface area contributed by atoms with Gasteiger partial charge in [-0.05, 0) is 43.5 Å². The van der Waals surface area contributed by atoms with Gasteiger partial charge in [0.1, 0.15) is 5.82 Å². The van der Waals surface area contributed by atoms with E-state index in [1.165, 1.54) is 23.9 Å². The number of hydrogen-bond donors (Lipinski definition) is 1. The topological polar surface area (TPSA) is 56.2 Å². The molecule has 0 spiro atoms. The van der Waals surface area contributed by atoms with E-state index in [0.29, 0.717) is 12.2 Å². The Balaban J connectivity index is 1.53. The number of ether oxygens (including phenoxy) is 1. The summed E-state index contributed by atoms with van der Waals surface area (Å²) < 4.78 is 21.4. The third kappa shape index (κ3) is 4.91. The minimum atomic E-state index is -0.400. The molecule has 0 unspecified atom stereocenters. The van der Waals surface area contributed by atoms with E-state index in [9.17, 15) is 9.18 Å². The molecule has 0 radical (unpaired) electrons. The molecule has 3 aromatic rings. The summed E-state index contributed by atoms with van der Waals surface area (Å²) in [5, 5.41) is 3.14. The molecule has 0 bridgehead atoms. The van der Waals surface area contributed by atoms with Gasteiger partial charge in [-0.1, -0.05) is 48.2 Å². The van der Waals surface area contributed by atoms with Crippen molar-refractivity contribution >= 4 is 23.4 Å². The van der Waals surface area contributed by atoms with Crippen molar-refractivity contribution in [2.45, 2.75) is 42.8 Å². The van der Waals surface area contributed by atoms with Crippen LogP contribution in [0, 0.1) is 5.82 Å². The van der Waals surface area contributed by atoms with Crippen LogP contribution in [0.1, 0.15) is 19.8 Å². The molecule has 7 heteroatoms. The third-order valence-corrected chi connectivity index (χ3v) is 6.15. The summed E-state index contributed by atoms with van der Waals surface area (Å²) in [6, 6.07) is 16.0. The number of carbonyl (C=O) groups excluding carboxylic acids is 1. The van der Waals surface area contributed by atoms with E-state index in [0.717, 1.165) is 35.9 Å². The van der Waals surface area contributed by atoms with E-state index in [-0.39, 0.29) is 17.8 Å². The number of anilines is 1. The molecule has 1 saturated heterocycles. The van der Waals surface area contributed by atoms with E-state index in [1.54, 1.807) is 12.1 Å². The van der Waals surface area contributed by atoms with Crippen molar-refractivity contribution in [3.8, 4) is 11.3 Å². The van der Waals surface area contributed by atoms with Crippen molar-refractivity contribution in [2.24, 2.45) is 0 Å². The summed E-state index contributed by atoms with van der Waals surface area (Å²) in [5.74, 6) is -0.578. The molecule has 1 amide bonds. The van der Waals surface area contributed by atoms with Gasteiger partial charge in [-0.3, -0.25) is 4.79 Å². The molecule has 2 heterocycles. The maximum atomic E-state index is 13.4. The Morgan fingerprint density at radius 2 is 2.13 bits per heavy atom. The van der Waals surface area contributed by atoms with Crippen LogP contribution in [-0.4, -0.2) is 33.4 Å². The number of amides is 1. The van der Waals surface area contributed by atoms with E-state index >= 15 is 0 Å². The summed E-state index contributed by atoms with van der Waals surface area (Å²) in [7, 11) is 0. The van der Waals surface area contributed by atoms with Crippen LogP contribution in [0.4, 0.5) is 10.1 Å². The molecule has 156 valence electrons. The molecule has 4 rings (SSSR count). The number of halogens is 1. The lowest BCUT2D eigenvalue weighted by atomic mass is 10.1. The average Bonchev–Trinajstić information content (AvgIpc) is 3.39. The minimum absolute atomic E-state index is 0.150. The zero-order chi connectivity index (χ0) is 20.9. The van der Waals surface area contributed by atoms with Crippen molar-refractivity contribution in [1.29, 1.82) is 0 Å². The number of nitrogens with zero attached hydrogens (tertiary/aromatic N) is 2. The van der Waals surface area contributed by atoms with Gasteiger partial charge < -0.3 is 14.6 Å². The molecular weight excluding hydrogens is 401 g/mol. The van der Waals surface area contributed by atoms with Crippen LogP contribution in [0.15, 0.2) is 66.0 Å². The van der Waals surface area contributed by atoms with Gasteiger partial charge >= 0.3 is 0 Å². The van der Waals surface area contributed by atoms with Gasteiger partial charge in [-0.25, -0.2) is 9.37 Å². The number of thioether (sulfide) groups is 1. The van der Waals surface area contributed by atoms with Gasteiger partial charge in [0, 0.05) is 12.3 Å². The van der Waals surface area contributed by atoms with Crippen LogP contribution in [0.2, 0.25) is 0 Å². The molecule has 0 saturated carbocycles. The predicted octanol–water partition coefficient (Wildman–Crippen LogP) is 4.99. The van der Waals surface area contributed by atoms with E-state index in [1.807, 2.05) is 31.3 Å². The fourth-order valence-corrected chi connectivity index (χ4v) is 4.38. The quantitative estimate of drug-likeness (QED) is 0.542. The van der Waals surface area contributed by atoms with Gasteiger partial charge in [0.15, 0.2) is 5.16 Å². The molecule has 2 aromatic carbocycles. The number of hydrogen-bond acceptors (Lipinski definition) is 4. The van der Waals surface area contributed by atoms with Gasteiger partial charge in [-0.2, -0.15) is 0 Å². The van der Waals surface area contributed by atoms with Crippen molar-refractivity contribution in [3.63, 3.8) is 0 Å². The lowest BCUT2D eigenvalue weighted by molar-refractivity contribution is -0.115. The largest absolute Gasteiger partial charge is 0.376 e. The van der Waals surface area contributed by atoms with Crippen molar-refractivity contribution in [1.82, 2.24) is 9.55 Å². The Hall–Kier alpha value is -2.64. The van der Waals surface area contributed by atoms with E-state index in [2.05, 4.69) is 27.0 Å². The molecule has 1 N–H and O–H groups in total. The Labute approximate surface area is 179 Å². The second-order valence-corrected chi connectivity index (χ2v) is 8.61. The van der Waals surface area contributed by atoms with Gasteiger partial charge in [0.05, 0.1) is 29.8 Å². The highest BCUT2D eigenvalue weighted by Gasteiger charge is 2.23. The fraction of sp³-hybridized carbons (Fsp3) is 0.304. The standard InChI is InChI=1S/C23H24FN3O2S/c1-16(22(28)26-19-10-5-9-18(24)13-19)30-23-25-14-21(17-7-3-2-4-8-17)27(23)15-20-11-6-12-29-20/h2-5,7-10,13-14,16,20H,6,11-12,15H2,1H3,(H,26,28)/t16-,20+/m1/s1. The number of benzene rings is 2. The van der Waals surface area contributed by atoms with Crippen LogP contribution in [0.5, 0.6) is 0 Å². The number of nitrogens with one attached hydrogen (secondary N) is 1. The van der Waals surface area contributed by atoms with Gasteiger partial charge in [0.2, 0.25) is 5.91 Å². The minimum Gasteiger partial charge on any atom is -0.376 e. The molecule has 1 aromatic heterocycles. The second kappa shape index (κ2) is 9.45. The first-order chi connectivity index (χ1) is 14.6. The third-order valence-electron chi connectivity index (χ3n) is 5.04. The highest BCUT2D eigenvalue weighted by Crippen LogP contribution is 2.30. The number of imidazole rings is 1. The molecule has 0 aliphatic carbocycles. The Bertz CT molecular complexity index is 1000. The SMILES string of the molecule is C[C@@H](Sc1ncc(-c2ccccc2)n1C[C@@H]1CCCO1)C(=O)Nc1cccc(F)c1. The lowest BCUT2D eigenvalue weighted by Gasteiger charge is -2.18. The summed E-state index contributed by atoms with van der Waals surface area (Å²) in [5.41, 5.74) is 2.53. The average molecular weight is 426 g/mol. The highest BCUT2D eigenvalue weighted by molar-refractivity contribution is 8.00. The number of carbonyl (C=O) groups is 1. The fourth-order valence-electron chi connectivity index (χ4n) is 3.48. The van der Waals surface area contributed by atoms with Crippen LogP contribution < -0.4 is 5.32 Å². The maximum absolute atomic E-state index is 13.4. The van der Waals surface area contributed by atoms with Crippen LogP contribution in [0.25, 0.3) is 11.3 Å². The second-order valence-electron chi connectivity index (χ2n) is 7.30. The van der Waals surface area contributed by atoms with Crippen molar-refractivity contribution in [2.75, 3.05) is 11.9 Å². The van der Waals surface area contributed by atoms with Crippen molar-refractivity contribution < 1.29 is 13.9 Å². The first kappa shape index (κ1) is 20.6. The lowest BCUT2D eigenvalue weighted by Crippen LogP contribution is -2.23. The van der Waals surface area contributed by atoms with Crippen LogP contribution >= 0.6 is 11.8 Å². The first-order valence-corrected chi connectivity index (χ1v) is 10.9.